The van der Waals surface area contributed by atoms with Crippen LogP contribution in [0.3, 0.4) is 0 Å². The number of hydrogen-bond acceptors (Lipinski definition) is 4. The first-order valence-corrected chi connectivity index (χ1v) is 4.48. The van der Waals surface area contributed by atoms with E-state index in [-0.39, 0.29) is 19.3 Å². The first kappa shape index (κ1) is 12.8. The quantitative estimate of drug-likeness (QED) is 0.550. The molecule has 0 amide bonds. The van der Waals surface area contributed by atoms with E-state index in [4.69, 9.17) is 14.9 Å². The highest BCUT2D eigenvalue weighted by Gasteiger charge is 2.18. The Morgan fingerprint density at radius 3 is 2.31 bits per heavy atom. The smallest absolute Gasteiger partial charge is 0.100 e. The van der Waals surface area contributed by atoms with E-state index in [1.54, 1.807) is 13.8 Å². The molecule has 2 atom stereocenters. The van der Waals surface area contributed by atoms with Gasteiger partial charge in [-0.3, -0.25) is 0 Å². The second-order valence-electron chi connectivity index (χ2n) is 4.00. The molecule has 0 aliphatic rings. The second-order valence-corrected chi connectivity index (χ2v) is 4.00. The van der Waals surface area contributed by atoms with Crippen LogP contribution in [0, 0.1) is 0 Å². The summed E-state index contributed by atoms with van der Waals surface area (Å²) in [5.74, 6) is 0. The highest BCUT2D eigenvalue weighted by Crippen LogP contribution is 2.12. The summed E-state index contributed by atoms with van der Waals surface area (Å²) < 4.78 is 5.20. The van der Waals surface area contributed by atoms with Gasteiger partial charge in [0.15, 0.2) is 0 Å². The summed E-state index contributed by atoms with van der Waals surface area (Å²) in [6.45, 7) is 5.04. The highest BCUT2D eigenvalue weighted by molar-refractivity contribution is 4.69. The van der Waals surface area contributed by atoms with Gasteiger partial charge in [-0.25, -0.2) is 0 Å². The van der Waals surface area contributed by atoms with Crippen molar-refractivity contribution in [3.63, 3.8) is 0 Å². The largest absolute Gasteiger partial charge is 0.394 e. The molecule has 0 spiro atoms. The summed E-state index contributed by atoms with van der Waals surface area (Å²) in [5, 5.41) is 26.9. The maximum atomic E-state index is 9.42. The Hall–Kier alpha value is -0.160. The Labute approximate surface area is 79.2 Å². The molecule has 0 fully saturated rings. The third-order valence-corrected chi connectivity index (χ3v) is 1.57. The minimum atomic E-state index is -0.829. The van der Waals surface area contributed by atoms with Gasteiger partial charge in [-0.2, -0.15) is 0 Å². The third kappa shape index (κ3) is 8.18. The van der Waals surface area contributed by atoms with E-state index >= 15 is 0 Å². The van der Waals surface area contributed by atoms with Gasteiger partial charge in [-0.1, -0.05) is 0 Å². The number of aliphatic hydroxyl groups is 3. The maximum Gasteiger partial charge on any atom is 0.100 e. The molecule has 0 aliphatic heterocycles. The lowest BCUT2D eigenvalue weighted by molar-refractivity contribution is -0.0519. The van der Waals surface area contributed by atoms with Crippen LogP contribution in [0.5, 0.6) is 0 Å². The highest BCUT2D eigenvalue weighted by atomic mass is 16.5. The minimum Gasteiger partial charge on any atom is -0.394 e. The molecule has 4 heteroatoms. The molecule has 0 aromatic carbocycles. The Balaban J connectivity index is 3.57. The monoisotopic (exact) mass is 192 g/mol. The molecule has 13 heavy (non-hydrogen) atoms. The predicted molar refractivity (Wildman–Crippen MR) is 49.4 cm³/mol. The molecule has 0 aliphatic carbocycles. The Bertz CT molecular complexity index is 130. The zero-order valence-corrected chi connectivity index (χ0v) is 8.53. The van der Waals surface area contributed by atoms with Gasteiger partial charge in [0.05, 0.1) is 24.9 Å². The van der Waals surface area contributed by atoms with E-state index in [0.29, 0.717) is 6.42 Å². The number of aliphatic hydroxyl groups excluding tert-OH is 2. The molecule has 0 heterocycles. The van der Waals surface area contributed by atoms with Crippen LogP contribution in [-0.4, -0.2) is 46.3 Å². The van der Waals surface area contributed by atoms with Crippen molar-refractivity contribution in [1.29, 1.82) is 0 Å². The average Bonchev–Trinajstić information content (AvgIpc) is 1.97. The van der Waals surface area contributed by atoms with E-state index in [1.807, 2.05) is 6.92 Å². The van der Waals surface area contributed by atoms with Gasteiger partial charge in [0.25, 0.3) is 0 Å². The van der Waals surface area contributed by atoms with Crippen LogP contribution in [0.1, 0.15) is 27.2 Å². The van der Waals surface area contributed by atoms with Gasteiger partial charge < -0.3 is 20.1 Å². The van der Waals surface area contributed by atoms with Crippen LogP contribution in [0.2, 0.25) is 0 Å². The lowest BCUT2D eigenvalue weighted by atomic mass is 10.0. The molecule has 2 unspecified atom stereocenters. The van der Waals surface area contributed by atoms with Crippen molar-refractivity contribution in [2.24, 2.45) is 0 Å². The van der Waals surface area contributed by atoms with Crippen molar-refractivity contribution < 1.29 is 20.1 Å². The molecule has 0 saturated carbocycles. The van der Waals surface area contributed by atoms with E-state index in [0.717, 1.165) is 0 Å². The van der Waals surface area contributed by atoms with Gasteiger partial charge in [-0.15, -0.1) is 0 Å². The van der Waals surface area contributed by atoms with Crippen LogP contribution >= 0.6 is 0 Å². The van der Waals surface area contributed by atoms with Crippen molar-refractivity contribution in [2.75, 3.05) is 13.2 Å². The first-order valence-electron chi connectivity index (χ1n) is 4.48. The fourth-order valence-corrected chi connectivity index (χ4v) is 1.09. The molecule has 0 rings (SSSR count). The van der Waals surface area contributed by atoms with E-state index in [1.165, 1.54) is 0 Å². The van der Waals surface area contributed by atoms with Crippen LogP contribution in [0.15, 0.2) is 0 Å². The SMILES string of the molecule is CC(CC(C)(C)O)OCC(O)CO. The molecule has 4 nitrogen and oxygen atoms in total. The molecule has 0 bridgehead atoms. The van der Waals surface area contributed by atoms with E-state index in [9.17, 15) is 5.11 Å². The summed E-state index contributed by atoms with van der Waals surface area (Å²) in [4.78, 5) is 0. The van der Waals surface area contributed by atoms with Crippen LogP contribution in [0.4, 0.5) is 0 Å². The summed E-state index contributed by atoms with van der Waals surface area (Å²) >= 11 is 0. The zero-order valence-electron chi connectivity index (χ0n) is 8.53. The molecule has 0 aromatic heterocycles. The summed E-state index contributed by atoms with van der Waals surface area (Å²) in [7, 11) is 0. The van der Waals surface area contributed by atoms with Crippen LogP contribution < -0.4 is 0 Å². The molecule has 80 valence electrons. The van der Waals surface area contributed by atoms with Crippen molar-refractivity contribution >= 4 is 0 Å². The van der Waals surface area contributed by atoms with E-state index < -0.39 is 11.7 Å². The van der Waals surface area contributed by atoms with E-state index in [2.05, 4.69) is 0 Å². The van der Waals surface area contributed by atoms with Crippen LogP contribution in [0.25, 0.3) is 0 Å². The van der Waals surface area contributed by atoms with Crippen molar-refractivity contribution in [3.8, 4) is 0 Å². The summed E-state index contributed by atoms with van der Waals surface area (Å²) in [5.41, 5.74) is -0.760. The molecule has 0 saturated heterocycles. The Kier molecular flexibility index (Phi) is 5.48. The molecular weight excluding hydrogens is 172 g/mol. The van der Waals surface area contributed by atoms with Gasteiger partial charge >= 0.3 is 0 Å². The van der Waals surface area contributed by atoms with Crippen molar-refractivity contribution in [1.82, 2.24) is 0 Å². The average molecular weight is 192 g/mol. The maximum absolute atomic E-state index is 9.42. The second kappa shape index (κ2) is 5.54. The van der Waals surface area contributed by atoms with Crippen molar-refractivity contribution in [3.05, 3.63) is 0 Å². The number of rotatable bonds is 6. The fourth-order valence-electron chi connectivity index (χ4n) is 1.09. The van der Waals surface area contributed by atoms with Gasteiger partial charge in [-0.05, 0) is 20.8 Å². The minimum absolute atomic E-state index is 0.105. The first-order chi connectivity index (χ1) is 5.85. The number of hydrogen-bond donors (Lipinski definition) is 3. The summed E-state index contributed by atoms with van der Waals surface area (Å²) in [6, 6.07) is 0. The lowest BCUT2D eigenvalue weighted by Gasteiger charge is -2.23. The lowest BCUT2D eigenvalue weighted by Crippen LogP contribution is -2.29. The van der Waals surface area contributed by atoms with Gasteiger partial charge in [0.2, 0.25) is 0 Å². The van der Waals surface area contributed by atoms with Gasteiger partial charge in [0, 0.05) is 6.42 Å². The Morgan fingerprint density at radius 2 is 1.92 bits per heavy atom. The normalized spacial score (nSPS) is 17.1. The van der Waals surface area contributed by atoms with Crippen LogP contribution in [-0.2, 0) is 4.74 Å². The molecular formula is C9H20O4. The standard InChI is InChI=1S/C9H20O4/c1-7(4-9(2,3)12)13-6-8(11)5-10/h7-8,10-12H,4-6H2,1-3H3. The third-order valence-electron chi connectivity index (χ3n) is 1.57. The molecule has 0 radical (unpaired) electrons. The predicted octanol–water partition coefficient (Wildman–Crippen LogP) is -0.0943. The fraction of sp³-hybridized carbons (Fsp3) is 1.00. The Morgan fingerprint density at radius 1 is 1.38 bits per heavy atom. The number of ether oxygens (including phenoxy) is 1. The summed E-state index contributed by atoms with van der Waals surface area (Å²) in [6.07, 6.45) is -0.448. The van der Waals surface area contributed by atoms with Gasteiger partial charge in [0.1, 0.15) is 6.10 Å². The topological polar surface area (TPSA) is 69.9 Å². The van der Waals surface area contributed by atoms with Crippen molar-refractivity contribution in [2.45, 2.75) is 45.0 Å². The molecule has 3 N–H and O–H groups in total. The molecule has 0 aromatic rings. The zero-order chi connectivity index (χ0) is 10.5.